The van der Waals surface area contributed by atoms with Gasteiger partial charge in [0, 0.05) is 26.3 Å². The van der Waals surface area contributed by atoms with E-state index < -0.39 is 5.54 Å². The van der Waals surface area contributed by atoms with Gasteiger partial charge in [0.2, 0.25) is 11.8 Å². The first-order valence-corrected chi connectivity index (χ1v) is 6.37. The van der Waals surface area contributed by atoms with Crippen molar-refractivity contribution in [1.29, 1.82) is 0 Å². The number of aryl methyl sites for hydroxylation is 1. The van der Waals surface area contributed by atoms with Gasteiger partial charge < -0.3 is 15.5 Å². The van der Waals surface area contributed by atoms with E-state index in [1.54, 1.807) is 33.9 Å². The average molecular weight is 263 g/mol. The van der Waals surface area contributed by atoms with Gasteiger partial charge in [-0.05, 0) is 12.8 Å². The molecule has 2 N–H and O–H groups in total. The second-order valence-corrected chi connectivity index (χ2v) is 5.30. The van der Waals surface area contributed by atoms with Gasteiger partial charge in [0.25, 0.3) is 0 Å². The lowest BCUT2D eigenvalue weighted by molar-refractivity contribution is -0.138. The quantitative estimate of drug-likeness (QED) is 0.748. The van der Waals surface area contributed by atoms with E-state index in [4.69, 9.17) is 5.73 Å². The van der Waals surface area contributed by atoms with Crippen LogP contribution in [0.25, 0.3) is 0 Å². The molecule has 0 radical (unpaired) electrons. The number of carbonyl (C=O) groups is 2. The molecule has 1 aliphatic heterocycles. The van der Waals surface area contributed by atoms with Gasteiger partial charge in [0.1, 0.15) is 6.54 Å². The van der Waals surface area contributed by atoms with E-state index in [0.29, 0.717) is 13.1 Å². The van der Waals surface area contributed by atoms with E-state index in [1.165, 1.54) is 0 Å². The number of rotatable bonds is 2. The summed E-state index contributed by atoms with van der Waals surface area (Å²) in [7, 11) is 1.80. The summed E-state index contributed by atoms with van der Waals surface area (Å²) in [5.74, 6) is -0.177. The number of nitrogens with two attached hydrogens (primary N) is 1. The fourth-order valence-corrected chi connectivity index (χ4v) is 2.33. The van der Waals surface area contributed by atoms with Crippen LogP contribution in [0.2, 0.25) is 0 Å². The first kappa shape index (κ1) is 12.2. The van der Waals surface area contributed by atoms with Crippen LogP contribution in [-0.4, -0.2) is 51.7 Å². The van der Waals surface area contributed by atoms with Crippen molar-refractivity contribution < 1.29 is 9.59 Å². The maximum atomic E-state index is 12.1. The predicted molar refractivity (Wildman–Crippen MR) is 68.3 cm³/mol. The highest BCUT2D eigenvalue weighted by Crippen LogP contribution is 2.34. The van der Waals surface area contributed by atoms with Gasteiger partial charge in [0.15, 0.2) is 0 Å². The molecule has 0 atom stereocenters. The zero-order chi connectivity index (χ0) is 13.6. The van der Waals surface area contributed by atoms with E-state index in [0.717, 1.165) is 18.5 Å². The van der Waals surface area contributed by atoms with Gasteiger partial charge in [-0.3, -0.25) is 14.3 Å². The second-order valence-electron chi connectivity index (χ2n) is 5.30. The summed E-state index contributed by atoms with van der Waals surface area (Å²) in [4.78, 5) is 27.4. The van der Waals surface area contributed by atoms with Crippen molar-refractivity contribution in [3.8, 4) is 0 Å². The Bertz CT molecular complexity index is 534. The number of anilines is 1. The standard InChI is InChI=1S/C12H17N5O2/c1-15-7-9(6-14-15)17-5-4-16(8-10(17)18)11(19)12(13)2-3-12/h6-7H,2-5,8,13H2,1H3. The average Bonchev–Trinajstić information content (AvgIpc) is 2.99. The number of carbonyl (C=O) groups excluding carboxylic acids is 2. The van der Waals surface area contributed by atoms with Crippen LogP contribution in [0.3, 0.4) is 0 Å². The minimum Gasteiger partial charge on any atom is -0.330 e. The number of nitrogens with zero attached hydrogens (tertiary/aromatic N) is 4. The Kier molecular flexibility index (Phi) is 2.60. The van der Waals surface area contributed by atoms with E-state index in [2.05, 4.69) is 5.10 Å². The molecule has 3 rings (SSSR count). The number of hydrogen-bond donors (Lipinski definition) is 1. The van der Waals surface area contributed by atoms with Gasteiger partial charge in [-0.25, -0.2) is 0 Å². The summed E-state index contributed by atoms with van der Waals surface area (Å²) in [6.07, 6.45) is 4.90. The van der Waals surface area contributed by atoms with Crippen LogP contribution in [0, 0.1) is 0 Å². The molecule has 2 fully saturated rings. The molecule has 2 amide bonds. The lowest BCUT2D eigenvalue weighted by atomic mass is 10.2. The highest BCUT2D eigenvalue weighted by Gasteiger charge is 2.49. The van der Waals surface area contributed by atoms with Gasteiger partial charge in [0.05, 0.1) is 17.4 Å². The van der Waals surface area contributed by atoms with Crippen molar-refractivity contribution in [2.24, 2.45) is 12.8 Å². The lowest BCUT2D eigenvalue weighted by Gasteiger charge is -2.34. The predicted octanol–water partition coefficient (Wildman–Crippen LogP) is -0.913. The first-order chi connectivity index (χ1) is 8.99. The molecule has 1 aliphatic carbocycles. The van der Waals surface area contributed by atoms with Crippen molar-refractivity contribution in [1.82, 2.24) is 14.7 Å². The summed E-state index contributed by atoms with van der Waals surface area (Å²) in [6, 6.07) is 0. The second kappa shape index (κ2) is 4.06. The Morgan fingerprint density at radius 1 is 1.42 bits per heavy atom. The molecule has 2 aliphatic rings. The molecule has 7 nitrogen and oxygen atoms in total. The largest absolute Gasteiger partial charge is 0.330 e. The maximum absolute atomic E-state index is 12.1. The van der Waals surface area contributed by atoms with Crippen LogP contribution in [-0.2, 0) is 16.6 Å². The fraction of sp³-hybridized carbons (Fsp3) is 0.583. The fourth-order valence-electron chi connectivity index (χ4n) is 2.33. The van der Waals surface area contributed by atoms with Crippen LogP contribution < -0.4 is 10.6 Å². The van der Waals surface area contributed by atoms with Gasteiger partial charge in [-0.1, -0.05) is 0 Å². The normalized spacial score (nSPS) is 21.7. The number of piperazine rings is 1. The van der Waals surface area contributed by atoms with E-state index in [-0.39, 0.29) is 18.4 Å². The smallest absolute Gasteiger partial charge is 0.246 e. The van der Waals surface area contributed by atoms with Crippen LogP contribution >= 0.6 is 0 Å². The number of amides is 2. The van der Waals surface area contributed by atoms with E-state index in [1.807, 2.05) is 0 Å². The summed E-state index contributed by atoms with van der Waals surface area (Å²) < 4.78 is 1.65. The van der Waals surface area contributed by atoms with E-state index in [9.17, 15) is 9.59 Å². The molecular weight excluding hydrogens is 246 g/mol. The van der Waals surface area contributed by atoms with Crippen molar-refractivity contribution in [2.75, 3.05) is 24.5 Å². The molecule has 102 valence electrons. The van der Waals surface area contributed by atoms with Gasteiger partial charge >= 0.3 is 0 Å². The summed E-state index contributed by atoms with van der Waals surface area (Å²) >= 11 is 0. The molecule has 0 bridgehead atoms. The third-order valence-corrected chi connectivity index (χ3v) is 3.73. The topological polar surface area (TPSA) is 84.5 Å². The highest BCUT2D eigenvalue weighted by molar-refractivity contribution is 5.99. The Labute approximate surface area is 110 Å². The van der Waals surface area contributed by atoms with Crippen LogP contribution in [0.15, 0.2) is 12.4 Å². The van der Waals surface area contributed by atoms with Crippen molar-refractivity contribution in [3.63, 3.8) is 0 Å². The molecule has 2 heterocycles. The SMILES string of the molecule is Cn1cc(N2CCN(C(=O)C3(N)CC3)CC2=O)cn1. The minimum absolute atomic E-state index is 0.0862. The molecule has 1 aromatic heterocycles. The zero-order valence-electron chi connectivity index (χ0n) is 10.9. The van der Waals surface area contributed by atoms with Crippen molar-refractivity contribution in [2.45, 2.75) is 18.4 Å². The molecular formula is C12H17N5O2. The number of hydrogen-bond acceptors (Lipinski definition) is 4. The highest BCUT2D eigenvalue weighted by atomic mass is 16.2. The molecule has 7 heteroatoms. The Hall–Kier alpha value is -1.89. The van der Waals surface area contributed by atoms with Gasteiger partial charge in [-0.2, -0.15) is 5.10 Å². The van der Waals surface area contributed by atoms with Crippen LogP contribution in [0.4, 0.5) is 5.69 Å². The van der Waals surface area contributed by atoms with Crippen LogP contribution in [0.5, 0.6) is 0 Å². The van der Waals surface area contributed by atoms with Crippen LogP contribution in [0.1, 0.15) is 12.8 Å². The Morgan fingerprint density at radius 2 is 2.16 bits per heavy atom. The molecule has 19 heavy (non-hydrogen) atoms. The maximum Gasteiger partial charge on any atom is 0.246 e. The molecule has 1 saturated heterocycles. The first-order valence-electron chi connectivity index (χ1n) is 6.37. The van der Waals surface area contributed by atoms with Crippen molar-refractivity contribution in [3.05, 3.63) is 12.4 Å². The summed E-state index contributed by atoms with van der Waals surface area (Å²) in [5.41, 5.74) is 5.96. The third kappa shape index (κ3) is 2.10. The minimum atomic E-state index is -0.698. The molecule has 1 saturated carbocycles. The molecule has 1 aromatic rings. The van der Waals surface area contributed by atoms with E-state index >= 15 is 0 Å². The summed E-state index contributed by atoms with van der Waals surface area (Å²) in [5, 5.41) is 4.05. The Morgan fingerprint density at radius 3 is 2.68 bits per heavy atom. The third-order valence-electron chi connectivity index (χ3n) is 3.73. The molecule has 0 unspecified atom stereocenters. The number of aromatic nitrogens is 2. The van der Waals surface area contributed by atoms with Gasteiger partial charge in [-0.15, -0.1) is 0 Å². The lowest BCUT2D eigenvalue weighted by Crippen LogP contribution is -2.56. The zero-order valence-corrected chi connectivity index (χ0v) is 10.9. The monoisotopic (exact) mass is 263 g/mol. The summed E-state index contributed by atoms with van der Waals surface area (Å²) in [6.45, 7) is 1.12. The molecule has 0 aromatic carbocycles. The molecule has 0 spiro atoms. The Balaban J connectivity index is 1.69. The van der Waals surface area contributed by atoms with Crippen molar-refractivity contribution >= 4 is 17.5 Å².